The minimum Gasteiger partial charge on any atom is -0.341 e. The van der Waals surface area contributed by atoms with Crippen LogP contribution in [0, 0.1) is 23.3 Å². The number of nitrogens with one attached hydrogen (secondary N) is 1. The lowest BCUT2D eigenvalue weighted by molar-refractivity contribution is -0.116. The second-order valence-electron chi connectivity index (χ2n) is 6.99. The predicted molar refractivity (Wildman–Crippen MR) is 102 cm³/mol. The van der Waals surface area contributed by atoms with E-state index in [4.69, 9.17) is 0 Å². The van der Waals surface area contributed by atoms with Gasteiger partial charge in [-0.25, -0.2) is 22.5 Å². The van der Waals surface area contributed by atoms with E-state index in [0.29, 0.717) is 19.2 Å². The van der Waals surface area contributed by atoms with Gasteiger partial charge in [-0.3, -0.25) is 15.0 Å². The van der Waals surface area contributed by atoms with E-state index < -0.39 is 40.1 Å². The Bertz CT molecular complexity index is 1210. The van der Waals surface area contributed by atoms with Crippen molar-refractivity contribution in [2.45, 2.75) is 19.3 Å². The van der Waals surface area contributed by atoms with Crippen LogP contribution in [0.15, 0.2) is 35.1 Å². The summed E-state index contributed by atoms with van der Waals surface area (Å²) < 4.78 is 55.2. The van der Waals surface area contributed by atoms with Crippen LogP contribution in [0.3, 0.4) is 0 Å². The Labute approximate surface area is 167 Å². The Morgan fingerprint density at radius 2 is 1.73 bits per heavy atom. The zero-order valence-electron chi connectivity index (χ0n) is 15.6. The average molecular weight is 420 g/mol. The highest BCUT2D eigenvalue weighted by Crippen LogP contribution is 2.21. The van der Waals surface area contributed by atoms with Crippen molar-refractivity contribution in [3.05, 3.63) is 69.5 Å². The number of hydrogen-bond acceptors (Lipinski definition) is 4. The first-order chi connectivity index (χ1) is 14.3. The summed E-state index contributed by atoms with van der Waals surface area (Å²) in [5.74, 6) is -4.79. The van der Waals surface area contributed by atoms with Crippen molar-refractivity contribution in [3.8, 4) is 0 Å². The van der Waals surface area contributed by atoms with E-state index in [-0.39, 0.29) is 23.4 Å². The summed E-state index contributed by atoms with van der Waals surface area (Å²) >= 11 is 0. The van der Waals surface area contributed by atoms with Crippen LogP contribution in [-0.4, -0.2) is 28.7 Å². The van der Waals surface area contributed by atoms with Gasteiger partial charge in [0.25, 0.3) is 5.56 Å². The molecule has 0 atom stereocenters. The fraction of sp³-hybridized carbons (Fsp3) is 0.250. The zero-order valence-corrected chi connectivity index (χ0v) is 15.6. The molecular weight excluding hydrogens is 404 g/mol. The monoisotopic (exact) mass is 420 g/mol. The molecular formula is C20H16F4N4O2. The van der Waals surface area contributed by atoms with Crippen LogP contribution in [-0.2, 0) is 11.2 Å². The van der Waals surface area contributed by atoms with Gasteiger partial charge < -0.3 is 4.90 Å². The van der Waals surface area contributed by atoms with Crippen LogP contribution in [0.25, 0.3) is 10.9 Å². The molecule has 4 rings (SSSR count). The van der Waals surface area contributed by atoms with E-state index in [2.05, 4.69) is 10.4 Å². The SMILES string of the molecule is O=C(Cc1ccc(F)c(F)c1)Nn1c(N2CCCC2)nc2cc(F)cc(F)c2c1=O. The van der Waals surface area contributed by atoms with E-state index >= 15 is 0 Å². The summed E-state index contributed by atoms with van der Waals surface area (Å²) in [7, 11) is 0. The Morgan fingerprint density at radius 1 is 1.00 bits per heavy atom. The van der Waals surface area contributed by atoms with Crippen molar-refractivity contribution in [2.24, 2.45) is 0 Å². The van der Waals surface area contributed by atoms with Crippen LogP contribution in [0.5, 0.6) is 0 Å². The maximum atomic E-state index is 14.3. The van der Waals surface area contributed by atoms with Crippen molar-refractivity contribution < 1.29 is 22.4 Å². The quantitative estimate of drug-likeness (QED) is 0.660. The highest BCUT2D eigenvalue weighted by atomic mass is 19.2. The molecule has 30 heavy (non-hydrogen) atoms. The standard InChI is InChI=1S/C20H16F4N4O2/c21-12-9-15(24)18-16(10-12)25-20(27-5-1-2-6-27)28(19(18)30)26-17(29)8-11-3-4-13(22)14(23)7-11/h3-4,7,9-10H,1-2,5-6,8H2,(H,26,29). The zero-order chi connectivity index (χ0) is 21.4. The van der Waals surface area contributed by atoms with Gasteiger partial charge in [-0.15, -0.1) is 0 Å². The Balaban J connectivity index is 1.75. The fourth-order valence-corrected chi connectivity index (χ4v) is 3.45. The van der Waals surface area contributed by atoms with E-state index in [1.54, 1.807) is 4.90 Å². The number of amides is 1. The van der Waals surface area contributed by atoms with Crippen molar-refractivity contribution in [2.75, 3.05) is 23.4 Å². The number of fused-ring (bicyclic) bond motifs is 1. The molecule has 0 aliphatic carbocycles. The number of carbonyl (C=O) groups excluding carboxylic acids is 1. The van der Waals surface area contributed by atoms with Gasteiger partial charge in [0.2, 0.25) is 11.9 Å². The Kier molecular flexibility index (Phi) is 5.15. The Hall–Kier alpha value is -3.43. The number of aromatic nitrogens is 2. The third kappa shape index (κ3) is 3.72. The van der Waals surface area contributed by atoms with Crippen molar-refractivity contribution >= 4 is 22.8 Å². The van der Waals surface area contributed by atoms with Gasteiger partial charge in [0.15, 0.2) is 11.6 Å². The summed E-state index contributed by atoms with van der Waals surface area (Å²) in [6, 6.07) is 4.52. The van der Waals surface area contributed by atoms with Crippen LogP contribution < -0.4 is 15.9 Å². The van der Waals surface area contributed by atoms with Crippen LogP contribution >= 0.6 is 0 Å². The molecule has 156 valence electrons. The first kappa shape index (κ1) is 19.9. The molecule has 2 heterocycles. The molecule has 6 nitrogen and oxygen atoms in total. The number of nitrogens with zero attached hydrogens (tertiary/aromatic N) is 3. The lowest BCUT2D eigenvalue weighted by Gasteiger charge is -2.22. The first-order valence-corrected chi connectivity index (χ1v) is 9.24. The lowest BCUT2D eigenvalue weighted by atomic mass is 10.1. The maximum Gasteiger partial charge on any atom is 0.284 e. The summed E-state index contributed by atoms with van der Waals surface area (Å²) in [5, 5.41) is -0.465. The molecule has 1 amide bonds. The minimum atomic E-state index is -1.10. The highest BCUT2D eigenvalue weighted by molar-refractivity contribution is 5.87. The van der Waals surface area contributed by atoms with Gasteiger partial charge in [0.05, 0.1) is 11.9 Å². The second-order valence-corrected chi connectivity index (χ2v) is 6.99. The molecule has 0 saturated carbocycles. The lowest BCUT2D eigenvalue weighted by Crippen LogP contribution is -2.39. The van der Waals surface area contributed by atoms with E-state index in [9.17, 15) is 27.2 Å². The summed E-state index contributed by atoms with van der Waals surface area (Å²) in [5.41, 5.74) is 1.47. The normalized spacial score (nSPS) is 13.8. The van der Waals surface area contributed by atoms with Gasteiger partial charge in [-0.1, -0.05) is 6.07 Å². The number of halogens is 4. The van der Waals surface area contributed by atoms with Gasteiger partial charge in [-0.05, 0) is 30.5 Å². The molecule has 0 radical (unpaired) electrons. The molecule has 1 saturated heterocycles. The predicted octanol–water partition coefficient (Wildman–Crippen LogP) is 2.87. The molecule has 0 unspecified atom stereocenters. The molecule has 1 N–H and O–H groups in total. The van der Waals surface area contributed by atoms with E-state index in [1.165, 1.54) is 6.07 Å². The van der Waals surface area contributed by atoms with E-state index in [0.717, 1.165) is 35.7 Å². The fourth-order valence-electron chi connectivity index (χ4n) is 3.45. The van der Waals surface area contributed by atoms with Gasteiger partial charge in [0, 0.05) is 25.2 Å². The van der Waals surface area contributed by atoms with Gasteiger partial charge in [0.1, 0.15) is 17.0 Å². The number of anilines is 1. The van der Waals surface area contributed by atoms with Crippen molar-refractivity contribution in [1.82, 2.24) is 9.66 Å². The second kappa shape index (κ2) is 7.77. The first-order valence-electron chi connectivity index (χ1n) is 9.24. The average Bonchev–Trinajstić information content (AvgIpc) is 3.20. The summed E-state index contributed by atoms with van der Waals surface area (Å²) in [6.07, 6.45) is 1.30. The van der Waals surface area contributed by atoms with Gasteiger partial charge in [-0.2, -0.15) is 4.68 Å². The number of carbonyl (C=O) groups is 1. The van der Waals surface area contributed by atoms with Crippen LogP contribution in [0.2, 0.25) is 0 Å². The van der Waals surface area contributed by atoms with Crippen molar-refractivity contribution in [3.63, 3.8) is 0 Å². The Morgan fingerprint density at radius 3 is 2.43 bits per heavy atom. The number of rotatable bonds is 4. The molecule has 1 aliphatic rings. The molecule has 1 aliphatic heterocycles. The molecule has 1 fully saturated rings. The van der Waals surface area contributed by atoms with Crippen LogP contribution in [0.1, 0.15) is 18.4 Å². The summed E-state index contributed by atoms with van der Waals surface area (Å²) in [4.78, 5) is 31.4. The van der Waals surface area contributed by atoms with E-state index in [1.807, 2.05) is 0 Å². The smallest absolute Gasteiger partial charge is 0.284 e. The minimum absolute atomic E-state index is 0.0497. The number of hydrogen-bond donors (Lipinski definition) is 1. The topological polar surface area (TPSA) is 67.2 Å². The maximum absolute atomic E-state index is 14.3. The molecule has 2 aromatic carbocycles. The molecule has 10 heteroatoms. The van der Waals surface area contributed by atoms with Gasteiger partial charge >= 0.3 is 0 Å². The molecule has 3 aromatic rings. The molecule has 0 spiro atoms. The summed E-state index contributed by atoms with van der Waals surface area (Å²) in [6.45, 7) is 1.10. The third-order valence-electron chi connectivity index (χ3n) is 4.85. The van der Waals surface area contributed by atoms with Crippen molar-refractivity contribution in [1.29, 1.82) is 0 Å². The largest absolute Gasteiger partial charge is 0.341 e. The highest BCUT2D eigenvalue weighted by Gasteiger charge is 2.23. The number of benzene rings is 2. The molecule has 1 aromatic heterocycles. The van der Waals surface area contributed by atoms with Crippen LogP contribution in [0.4, 0.5) is 23.5 Å². The molecule has 0 bridgehead atoms. The third-order valence-corrected chi connectivity index (χ3v) is 4.85.